The summed E-state index contributed by atoms with van der Waals surface area (Å²) in [5.74, 6) is 5.48. The fourth-order valence-corrected chi connectivity index (χ4v) is 7.41. The molecule has 3 aromatic heterocycles. The van der Waals surface area contributed by atoms with Crippen molar-refractivity contribution >= 4 is 47.0 Å². The molecular weight excluding hydrogens is 481 g/mol. The molecule has 0 aliphatic carbocycles. The van der Waals surface area contributed by atoms with E-state index in [0.29, 0.717) is 11.1 Å². The first-order chi connectivity index (χ1) is 16.6. The zero-order chi connectivity index (χ0) is 23.9. The summed E-state index contributed by atoms with van der Waals surface area (Å²) in [5.41, 5.74) is 1.30. The molecule has 0 radical (unpaired) electrons. The van der Waals surface area contributed by atoms with Crippen molar-refractivity contribution in [3.63, 3.8) is 0 Å². The molecule has 0 saturated carbocycles. The van der Waals surface area contributed by atoms with Gasteiger partial charge in [-0.2, -0.15) is 10.5 Å². The summed E-state index contributed by atoms with van der Waals surface area (Å²) in [6.45, 7) is 3.55. The number of allylic oxidation sites excluding steroid dienone is 6. The van der Waals surface area contributed by atoms with Gasteiger partial charge in [0.05, 0.1) is 17.0 Å². The Morgan fingerprint density at radius 2 is 1.50 bits per heavy atom. The normalized spacial score (nSPS) is 14.5. The van der Waals surface area contributed by atoms with Crippen molar-refractivity contribution in [2.45, 2.75) is 30.1 Å². The van der Waals surface area contributed by atoms with Gasteiger partial charge in [0, 0.05) is 43.7 Å². The Morgan fingerprint density at radius 3 is 2.18 bits per heavy atom. The van der Waals surface area contributed by atoms with Crippen molar-refractivity contribution < 1.29 is 8.83 Å². The summed E-state index contributed by atoms with van der Waals surface area (Å²) < 4.78 is 12.1. The number of nitriles is 2. The largest absolute Gasteiger partial charge is 0.461 e. The fraction of sp³-hybridized carbons (Fsp3) is 0.185. The quantitative estimate of drug-likeness (QED) is 0.239. The SMILES string of the molecule is C/C(C#N)=C/C=C/c1ccc(Cc2sc(-c3ccc(/C=C/C=C(/C)C#N)o3)c3c2SCCS3)o1. The van der Waals surface area contributed by atoms with Crippen LogP contribution in [0.15, 0.2) is 78.3 Å². The summed E-state index contributed by atoms with van der Waals surface area (Å²) in [7, 11) is 0. The van der Waals surface area contributed by atoms with E-state index >= 15 is 0 Å². The van der Waals surface area contributed by atoms with Gasteiger partial charge >= 0.3 is 0 Å². The molecule has 0 bridgehead atoms. The number of furan rings is 2. The van der Waals surface area contributed by atoms with Gasteiger partial charge in [0.15, 0.2) is 0 Å². The molecular formula is C27H22N2O2S3. The Balaban J connectivity index is 1.56. The molecule has 0 aromatic carbocycles. The number of fused-ring (bicyclic) bond motifs is 1. The van der Waals surface area contributed by atoms with Crippen molar-refractivity contribution in [1.29, 1.82) is 10.5 Å². The Hall–Kier alpha value is -3.10. The van der Waals surface area contributed by atoms with Crippen molar-refractivity contribution in [3.8, 4) is 22.8 Å². The molecule has 3 aromatic rings. The van der Waals surface area contributed by atoms with Gasteiger partial charge in [0.2, 0.25) is 0 Å². The number of thiophene rings is 1. The van der Waals surface area contributed by atoms with Gasteiger partial charge in [-0.1, -0.05) is 12.2 Å². The van der Waals surface area contributed by atoms with E-state index in [2.05, 4.69) is 12.1 Å². The molecule has 0 spiro atoms. The molecule has 1 aliphatic heterocycles. The van der Waals surface area contributed by atoms with Crippen LogP contribution in [0.4, 0.5) is 0 Å². The molecule has 4 rings (SSSR count). The molecule has 0 N–H and O–H groups in total. The molecule has 4 heterocycles. The van der Waals surface area contributed by atoms with Crippen molar-refractivity contribution in [2.24, 2.45) is 0 Å². The summed E-state index contributed by atoms with van der Waals surface area (Å²) in [6.07, 6.45) is 11.7. The number of rotatable bonds is 7. The number of hydrogen-bond donors (Lipinski definition) is 0. The van der Waals surface area contributed by atoms with Gasteiger partial charge in [-0.3, -0.25) is 0 Å². The van der Waals surface area contributed by atoms with Gasteiger partial charge in [-0.25, -0.2) is 0 Å². The molecule has 0 atom stereocenters. The molecule has 7 heteroatoms. The van der Waals surface area contributed by atoms with Crippen LogP contribution in [0.25, 0.3) is 22.8 Å². The van der Waals surface area contributed by atoms with Crippen LogP contribution in [0.1, 0.15) is 36.0 Å². The van der Waals surface area contributed by atoms with E-state index in [1.165, 1.54) is 14.7 Å². The maximum atomic E-state index is 8.87. The van der Waals surface area contributed by atoms with Crippen LogP contribution >= 0.6 is 34.9 Å². The summed E-state index contributed by atoms with van der Waals surface area (Å²) in [6, 6.07) is 12.2. The van der Waals surface area contributed by atoms with Gasteiger partial charge in [-0.05, 0) is 62.4 Å². The van der Waals surface area contributed by atoms with Gasteiger partial charge < -0.3 is 8.83 Å². The molecule has 4 nitrogen and oxygen atoms in total. The third-order valence-electron chi connectivity index (χ3n) is 4.90. The summed E-state index contributed by atoms with van der Waals surface area (Å²) in [4.78, 5) is 5.08. The predicted molar refractivity (Wildman–Crippen MR) is 142 cm³/mol. The van der Waals surface area contributed by atoms with Crippen LogP contribution < -0.4 is 0 Å². The zero-order valence-electron chi connectivity index (χ0n) is 18.8. The van der Waals surface area contributed by atoms with Crippen LogP contribution in [0.5, 0.6) is 0 Å². The lowest BCUT2D eigenvalue weighted by molar-refractivity contribution is 0.512. The predicted octanol–water partition coefficient (Wildman–Crippen LogP) is 8.36. The van der Waals surface area contributed by atoms with Crippen LogP contribution in [-0.4, -0.2) is 11.5 Å². The van der Waals surface area contributed by atoms with E-state index in [4.69, 9.17) is 19.4 Å². The van der Waals surface area contributed by atoms with E-state index in [-0.39, 0.29) is 0 Å². The van der Waals surface area contributed by atoms with Crippen molar-refractivity contribution in [3.05, 3.63) is 81.9 Å². The Morgan fingerprint density at radius 1 is 0.882 bits per heavy atom. The molecule has 0 amide bonds. The van der Waals surface area contributed by atoms with Crippen LogP contribution in [-0.2, 0) is 6.42 Å². The van der Waals surface area contributed by atoms with E-state index < -0.39 is 0 Å². The van der Waals surface area contributed by atoms with Gasteiger partial charge in [0.25, 0.3) is 0 Å². The molecule has 1 aliphatic rings. The lowest BCUT2D eigenvalue weighted by atomic mass is 10.2. The highest BCUT2D eigenvalue weighted by Gasteiger charge is 2.25. The maximum absolute atomic E-state index is 8.87. The second kappa shape index (κ2) is 11.4. The summed E-state index contributed by atoms with van der Waals surface area (Å²) in [5, 5.41) is 17.7. The van der Waals surface area contributed by atoms with E-state index in [1.807, 2.05) is 72.1 Å². The van der Waals surface area contributed by atoms with Crippen LogP contribution in [0, 0.1) is 22.7 Å². The Bertz CT molecular complexity index is 1380. The van der Waals surface area contributed by atoms with Gasteiger partial charge in [-0.15, -0.1) is 34.9 Å². The van der Waals surface area contributed by atoms with E-state index in [9.17, 15) is 0 Å². The van der Waals surface area contributed by atoms with Crippen LogP contribution in [0.3, 0.4) is 0 Å². The Labute approximate surface area is 212 Å². The first-order valence-corrected chi connectivity index (χ1v) is 13.5. The van der Waals surface area contributed by atoms with E-state index in [1.54, 1.807) is 37.3 Å². The third kappa shape index (κ3) is 5.87. The summed E-state index contributed by atoms with van der Waals surface area (Å²) >= 11 is 5.56. The minimum Gasteiger partial charge on any atom is -0.461 e. The highest BCUT2D eigenvalue weighted by atomic mass is 32.2. The maximum Gasteiger partial charge on any atom is 0.145 e. The average Bonchev–Trinajstić information content (AvgIpc) is 3.58. The lowest BCUT2D eigenvalue weighted by Gasteiger charge is -2.12. The lowest BCUT2D eigenvalue weighted by Crippen LogP contribution is -1.94. The molecule has 34 heavy (non-hydrogen) atoms. The minimum absolute atomic E-state index is 0.652. The molecule has 0 unspecified atom stereocenters. The monoisotopic (exact) mass is 502 g/mol. The van der Waals surface area contributed by atoms with E-state index in [0.717, 1.165) is 45.8 Å². The highest BCUT2D eigenvalue weighted by molar-refractivity contribution is 8.06. The second-order valence-electron chi connectivity index (χ2n) is 7.53. The molecule has 170 valence electrons. The number of thioether (sulfide) groups is 2. The fourth-order valence-electron chi connectivity index (χ4n) is 3.24. The molecule has 0 fully saturated rings. The van der Waals surface area contributed by atoms with Crippen LogP contribution in [0.2, 0.25) is 0 Å². The standard InChI is InChI=1S/C27H22N2O2S3/c1-18(16-28)5-3-7-20-9-10-22(30-20)15-24-26-27(33-14-13-32-26)25(34-24)23-12-11-21(31-23)8-4-6-19(2)17-29/h3-12H,13-15H2,1-2H3/b7-3+,8-4+,18-5-,19-6-. The third-order valence-corrected chi connectivity index (χ3v) is 9.00. The van der Waals surface area contributed by atoms with Gasteiger partial charge in [0.1, 0.15) is 23.0 Å². The van der Waals surface area contributed by atoms with Crippen molar-refractivity contribution in [1.82, 2.24) is 0 Å². The number of nitrogens with zero attached hydrogens (tertiary/aromatic N) is 2. The first kappa shape index (κ1) is 24.0. The zero-order valence-corrected chi connectivity index (χ0v) is 21.3. The minimum atomic E-state index is 0.652. The Kier molecular flexibility index (Phi) is 8.03. The second-order valence-corrected chi connectivity index (χ2v) is 10.8. The smallest absolute Gasteiger partial charge is 0.145 e. The topological polar surface area (TPSA) is 73.9 Å². The van der Waals surface area contributed by atoms with Crippen molar-refractivity contribution in [2.75, 3.05) is 11.5 Å². The first-order valence-electron chi connectivity index (χ1n) is 10.7. The number of hydrogen-bond acceptors (Lipinski definition) is 7. The highest BCUT2D eigenvalue weighted by Crippen LogP contribution is 2.50. The molecule has 0 saturated heterocycles. The average molecular weight is 503 g/mol.